The maximum absolute atomic E-state index is 11.2. The summed E-state index contributed by atoms with van der Waals surface area (Å²) < 4.78 is 17.7. The quantitative estimate of drug-likeness (QED) is 0.171. The van der Waals surface area contributed by atoms with Crippen molar-refractivity contribution in [1.29, 1.82) is 0 Å². The maximum Gasteiger partial charge on any atom is 0.408 e. The number of thiazole rings is 1. The molecule has 0 saturated carbocycles. The third-order valence-electron chi connectivity index (χ3n) is 4.79. The lowest BCUT2D eigenvalue weighted by atomic mass is 10.1. The van der Waals surface area contributed by atoms with Crippen LogP contribution in [0.15, 0.2) is 33.8 Å². The van der Waals surface area contributed by atoms with Gasteiger partial charge in [-0.15, -0.1) is 0 Å². The van der Waals surface area contributed by atoms with E-state index < -0.39 is 5.97 Å². The number of carboxylic acid groups (broad SMARTS) is 1. The first kappa shape index (κ1) is 27.8. The molecular weight excluding hydrogens is 464 g/mol. The number of aromatic nitrogens is 1. The van der Waals surface area contributed by atoms with Gasteiger partial charge in [0, 0.05) is 18.8 Å². The number of hydrogen-bond donors (Lipinski definition) is 3. The van der Waals surface area contributed by atoms with Crippen molar-refractivity contribution in [3.63, 3.8) is 0 Å². The van der Waals surface area contributed by atoms with E-state index in [0.29, 0.717) is 56.9 Å². The molecule has 2 aromatic rings. The molecule has 0 radical (unpaired) electrons. The maximum atomic E-state index is 11.2. The van der Waals surface area contributed by atoms with Gasteiger partial charge in [0.2, 0.25) is 5.69 Å². The first-order valence-corrected chi connectivity index (χ1v) is 11.8. The van der Waals surface area contributed by atoms with Gasteiger partial charge in [-0.3, -0.25) is 0 Å². The summed E-state index contributed by atoms with van der Waals surface area (Å²) in [5.41, 5.74) is 2.73. The van der Waals surface area contributed by atoms with E-state index in [-0.39, 0.29) is 25.5 Å². The smallest absolute Gasteiger partial charge is 0.408 e. The van der Waals surface area contributed by atoms with Crippen molar-refractivity contribution in [3.8, 4) is 0 Å². The number of aliphatic hydroxyl groups excluding tert-OH is 2. The fraction of sp³-hybridized carbons (Fsp3) is 0.545. The molecule has 34 heavy (non-hydrogen) atoms. The van der Waals surface area contributed by atoms with Gasteiger partial charge in [-0.05, 0) is 47.1 Å². The zero-order valence-electron chi connectivity index (χ0n) is 19.6. The Morgan fingerprint density at radius 2 is 1.62 bits per heavy atom. The van der Waals surface area contributed by atoms with Crippen LogP contribution in [-0.4, -0.2) is 87.2 Å². The van der Waals surface area contributed by atoms with Crippen LogP contribution in [0, 0.1) is 6.92 Å². The Kier molecular flexibility index (Phi) is 12.6. The van der Waals surface area contributed by atoms with Gasteiger partial charge in [-0.2, -0.15) is 0 Å². The van der Waals surface area contributed by atoms with Crippen LogP contribution in [0.4, 0.5) is 16.5 Å². The lowest BCUT2D eigenvalue weighted by Crippen LogP contribution is -2.33. The molecule has 1 aromatic heterocycles. The van der Waals surface area contributed by atoms with Gasteiger partial charge < -0.3 is 34.4 Å². The minimum absolute atomic E-state index is 0.00826. The van der Waals surface area contributed by atoms with Crippen LogP contribution in [0.25, 0.3) is 0 Å². The summed E-state index contributed by atoms with van der Waals surface area (Å²) in [4.78, 5) is 13.3. The summed E-state index contributed by atoms with van der Waals surface area (Å²) in [6.45, 7) is 5.55. The lowest BCUT2D eigenvalue weighted by Gasteiger charge is -2.25. The van der Waals surface area contributed by atoms with Crippen molar-refractivity contribution in [2.45, 2.75) is 6.92 Å². The Morgan fingerprint density at radius 3 is 2.18 bits per heavy atom. The third-order valence-corrected chi connectivity index (χ3v) is 5.69. The van der Waals surface area contributed by atoms with Crippen LogP contribution in [0.1, 0.15) is 16.1 Å². The molecule has 1 aromatic carbocycles. The molecule has 0 amide bonds. The van der Waals surface area contributed by atoms with E-state index >= 15 is 0 Å². The summed E-state index contributed by atoms with van der Waals surface area (Å²) in [5, 5.41) is 37.4. The number of aromatic carboxylic acids is 1. The van der Waals surface area contributed by atoms with E-state index in [0.717, 1.165) is 11.3 Å². The van der Waals surface area contributed by atoms with Gasteiger partial charge in [0.25, 0.3) is 0 Å². The van der Waals surface area contributed by atoms with Gasteiger partial charge in [-0.1, -0.05) is 0 Å². The Balaban J connectivity index is 2.02. The summed E-state index contributed by atoms with van der Waals surface area (Å²) in [6.07, 6.45) is 0. The Hall–Kier alpha value is -2.48. The number of rotatable bonds is 17. The molecule has 0 aliphatic heterocycles. The second kappa shape index (κ2) is 15.4. The highest BCUT2D eigenvalue weighted by atomic mass is 32.1. The molecule has 0 atom stereocenters. The second-order valence-corrected chi connectivity index (χ2v) is 8.05. The number of benzene rings is 1. The Labute approximate surface area is 202 Å². The number of hydrogen-bond acceptors (Lipinski definition) is 10. The highest BCUT2D eigenvalue weighted by Crippen LogP contribution is 2.27. The number of carbonyl (C=O) groups is 1. The average molecular weight is 498 g/mol. The van der Waals surface area contributed by atoms with Crippen molar-refractivity contribution >= 4 is 33.8 Å². The first-order chi connectivity index (χ1) is 16.5. The van der Waals surface area contributed by atoms with E-state index in [4.69, 9.17) is 24.4 Å². The number of aliphatic hydroxyl groups is 2. The first-order valence-electron chi connectivity index (χ1n) is 10.9. The molecule has 0 saturated heterocycles. The number of carboxylic acids is 1. The van der Waals surface area contributed by atoms with Crippen molar-refractivity contribution < 1.29 is 38.9 Å². The van der Waals surface area contributed by atoms with Crippen molar-refractivity contribution in [1.82, 2.24) is 0 Å². The predicted octanol–water partition coefficient (Wildman–Crippen LogP) is 1.84. The molecular formula is C22H33N4O7S+. The molecule has 2 rings (SSSR count). The van der Waals surface area contributed by atoms with Crippen LogP contribution in [0.3, 0.4) is 0 Å². The third kappa shape index (κ3) is 9.05. The summed E-state index contributed by atoms with van der Waals surface area (Å²) in [6, 6.07) is 5.81. The average Bonchev–Trinajstić information content (AvgIpc) is 3.19. The number of azo groups is 1. The van der Waals surface area contributed by atoms with E-state index in [2.05, 4.69) is 15.1 Å². The van der Waals surface area contributed by atoms with Gasteiger partial charge in [0.1, 0.15) is 5.69 Å². The Morgan fingerprint density at radius 1 is 1.00 bits per heavy atom. The molecule has 1 heterocycles. The zero-order valence-corrected chi connectivity index (χ0v) is 20.4. The van der Waals surface area contributed by atoms with Crippen LogP contribution in [0.5, 0.6) is 0 Å². The molecule has 0 fully saturated rings. The lowest BCUT2D eigenvalue weighted by molar-refractivity contribution is -0.656. The van der Waals surface area contributed by atoms with Crippen LogP contribution >= 0.6 is 11.3 Å². The van der Waals surface area contributed by atoms with Crippen molar-refractivity contribution in [3.05, 3.63) is 34.8 Å². The fourth-order valence-corrected chi connectivity index (χ4v) is 3.79. The van der Waals surface area contributed by atoms with E-state index in [1.165, 1.54) is 21.3 Å². The molecule has 0 bridgehead atoms. The molecule has 188 valence electrons. The monoisotopic (exact) mass is 497 g/mol. The van der Waals surface area contributed by atoms with Gasteiger partial charge >= 0.3 is 11.1 Å². The number of anilines is 1. The molecule has 12 heteroatoms. The predicted molar refractivity (Wildman–Crippen MR) is 127 cm³/mol. The molecule has 0 aliphatic carbocycles. The highest BCUT2D eigenvalue weighted by Gasteiger charge is 2.20. The van der Waals surface area contributed by atoms with E-state index in [9.17, 15) is 9.90 Å². The number of ether oxygens (including phenoxy) is 3. The summed E-state index contributed by atoms with van der Waals surface area (Å²) in [5.74, 6) is -1.01. The molecule has 0 aliphatic rings. The standard InChI is InChI=1S/C22H32N4O7S/c1-17-15-18(3-4-19(17)23-24-22-25(2)20(16-34-22)21(29)30)26(5-9-31-11-7-27)6-10-32-13-14-33-12-8-28/h3-4,15-16,27-28H,5-14H2,1-2H3/p+1. The summed E-state index contributed by atoms with van der Waals surface area (Å²) in [7, 11) is 1.64. The minimum atomic E-state index is -1.01. The molecule has 11 nitrogen and oxygen atoms in total. The normalized spacial score (nSPS) is 11.4. The number of nitrogens with zero attached hydrogens (tertiary/aromatic N) is 4. The topological polar surface area (TPSA) is 137 Å². The van der Waals surface area contributed by atoms with E-state index in [1.807, 2.05) is 25.1 Å². The second-order valence-electron chi connectivity index (χ2n) is 7.21. The van der Waals surface area contributed by atoms with Crippen molar-refractivity contribution in [2.24, 2.45) is 17.3 Å². The molecule has 0 spiro atoms. The molecule has 3 N–H and O–H groups in total. The van der Waals surface area contributed by atoms with Crippen LogP contribution in [-0.2, 0) is 21.3 Å². The van der Waals surface area contributed by atoms with E-state index in [1.54, 1.807) is 7.05 Å². The largest absolute Gasteiger partial charge is 0.475 e. The summed E-state index contributed by atoms with van der Waals surface area (Å²) >= 11 is 1.21. The van der Waals surface area contributed by atoms with Gasteiger partial charge in [-0.25, -0.2) is 9.36 Å². The van der Waals surface area contributed by atoms with Crippen LogP contribution < -0.4 is 9.47 Å². The van der Waals surface area contributed by atoms with Crippen LogP contribution in [0.2, 0.25) is 0 Å². The zero-order chi connectivity index (χ0) is 24.8. The highest BCUT2D eigenvalue weighted by molar-refractivity contribution is 7.13. The fourth-order valence-electron chi connectivity index (χ4n) is 2.97. The molecule has 0 unspecified atom stereocenters. The SMILES string of the molecule is Cc1cc(N(CCOCCO)CCOCCOCCO)ccc1N=Nc1scc(C(=O)O)[n+]1C. The van der Waals surface area contributed by atoms with Crippen molar-refractivity contribution in [2.75, 3.05) is 70.8 Å². The minimum Gasteiger partial charge on any atom is -0.475 e. The van der Waals surface area contributed by atoms with Gasteiger partial charge in [0.05, 0.1) is 70.4 Å². The Bertz CT molecular complexity index is 923. The number of aryl methyl sites for hydroxylation is 1. The van der Waals surface area contributed by atoms with Gasteiger partial charge in [0.15, 0.2) is 0 Å².